The van der Waals surface area contributed by atoms with Crippen LogP contribution in [0.1, 0.15) is 13.8 Å². The van der Waals surface area contributed by atoms with Gasteiger partial charge in [0.15, 0.2) is 0 Å². The standard InChI is InChI=1S/C13H13ClN2O3/c1-7(2)10-11(17)15-13(19)16(12(10)18)9-6-4-3-5-8(9)14/h3-7,10H,1-2H3,(H,15,17,19). The molecule has 1 unspecified atom stereocenters. The molecule has 0 radical (unpaired) electrons. The first-order valence-corrected chi connectivity index (χ1v) is 6.24. The summed E-state index contributed by atoms with van der Waals surface area (Å²) in [4.78, 5) is 36.8. The van der Waals surface area contributed by atoms with Gasteiger partial charge in [0.25, 0.3) is 0 Å². The Bertz CT molecular complexity index is 557. The van der Waals surface area contributed by atoms with Gasteiger partial charge in [-0.25, -0.2) is 9.69 Å². The van der Waals surface area contributed by atoms with Gasteiger partial charge in [0, 0.05) is 0 Å². The van der Waals surface area contributed by atoms with E-state index in [4.69, 9.17) is 11.6 Å². The molecule has 5 nitrogen and oxygen atoms in total. The number of halogens is 1. The lowest BCUT2D eigenvalue weighted by atomic mass is 9.92. The molecule has 19 heavy (non-hydrogen) atoms. The number of benzene rings is 1. The van der Waals surface area contributed by atoms with Crippen molar-refractivity contribution < 1.29 is 14.4 Å². The van der Waals surface area contributed by atoms with E-state index in [-0.39, 0.29) is 16.6 Å². The molecule has 1 fully saturated rings. The van der Waals surface area contributed by atoms with Crippen molar-refractivity contribution in [3.63, 3.8) is 0 Å². The van der Waals surface area contributed by atoms with Crippen LogP contribution in [0, 0.1) is 11.8 Å². The highest BCUT2D eigenvalue weighted by Crippen LogP contribution is 2.29. The SMILES string of the molecule is CC(C)C1C(=O)NC(=O)N(c2ccccc2Cl)C1=O. The lowest BCUT2D eigenvalue weighted by molar-refractivity contribution is -0.136. The third-order valence-electron chi connectivity index (χ3n) is 2.96. The number of barbiturate groups is 1. The van der Waals surface area contributed by atoms with E-state index >= 15 is 0 Å². The van der Waals surface area contributed by atoms with E-state index in [1.165, 1.54) is 0 Å². The Morgan fingerprint density at radius 2 is 1.84 bits per heavy atom. The lowest BCUT2D eigenvalue weighted by Crippen LogP contribution is -2.59. The van der Waals surface area contributed by atoms with Crippen LogP contribution in [-0.2, 0) is 9.59 Å². The molecule has 100 valence electrons. The van der Waals surface area contributed by atoms with Gasteiger partial charge in [-0.3, -0.25) is 14.9 Å². The Hall–Kier alpha value is -1.88. The largest absolute Gasteiger partial charge is 0.335 e. The summed E-state index contributed by atoms with van der Waals surface area (Å²) in [5, 5.41) is 2.47. The molecule has 0 spiro atoms. The number of para-hydroxylation sites is 1. The smallest absolute Gasteiger partial charge is 0.277 e. The first kappa shape index (κ1) is 13.5. The fourth-order valence-electron chi connectivity index (χ4n) is 2.04. The van der Waals surface area contributed by atoms with Crippen LogP contribution in [0.2, 0.25) is 5.02 Å². The number of rotatable bonds is 2. The molecule has 1 N–H and O–H groups in total. The Morgan fingerprint density at radius 1 is 1.21 bits per heavy atom. The maximum absolute atomic E-state index is 12.3. The summed E-state index contributed by atoms with van der Waals surface area (Å²) in [5.74, 6) is -2.19. The monoisotopic (exact) mass is 280 g/mol. The second kappa shape index (κ2) is 5.01. The molecule has 0 saturated carbocycles. The maximum Gasteiger partial charge on any atom is 0.335 e. The minimum Gasteiger partial charge on any atom is -0.277 e. The quantitative estimate of drug-likeness (QED) is 0.845. The third-order valence-corrected chi connectivity index (χ3v) is 3.28. The van der Waals surface area contributed by atoms with Crippen LogP contribution in [0.4, 0.5) is 10.5 Å². The zero-order valence-corrected chi connectivity index (χ0v) is 11.3. The van der Waals surface area contributed by atoms with Gasteiger partial charge in [0.1, 0.15) is 5.92 Å². The second-order valence-corrected chi connectivity index (χ2v) is 5.05. The number of anilines is 1. The van der Waals surface area contributed by atoms with Crippen LogP contribution in [-0.4, -0.2) is 17.8 Å². The van der Waals surface area contributed by atoms with Gasteiger partial charge in [-0.15, -0.1) is 0 Å². The number of hydrogen-bond donors (Lipinski definition) is 1. The van der Waals surface area contributed by atoms with Crippen LogP contribution in [0.5, 0.6) is 0 Å². The normalized spacial score (nSPS) is 19.9. The topological polar surface area (TPSA) is 66.5 Å². The van der Waals surface area contributed by atoms with Crippen molar-refractivity contribution >= 4 is 35.1 Å². The number of urea groups is 1. The van der Waals surface area contributed by atoms with Crippen molar-refractivity contribution in [3.8, 4) is 0 Å². The number of carbonyl (C=O) groups excluding carboxylic acids is 3. The molecule has 1 heterocycles. The van der Waals surface area contributed by atoms with Crippen molar-refractivity contribution in [2.24, 2.45) is 11.8 Å². The summed E-state index contributed by atoms with van der Waals surface area (Å²) in [6, 6.07) is 5.75. The summed E-state index contributed by atoms with van der Waals surface area (Å²) < 4.78 is 0. The van der Waals surface area contributed by atoms with Crippen LogP contribution in [0.25, 0.3) is 0 Å². The molecule has 0 aromatic heterocycles. The Morgan fingerprint density at radius 3 is 2.42 bits per heavy atom. The predicted molar refractivity (Wildman–Crippen MR) is 70.8 cm³/mol. The third kappa shape index (κ3) is 2.33. The Balaban J connectivity index is 2.45. The van der Waals surface area contributed by atoms with Gasteiger partial charge in [-0.05, 0) is 18.1 Å². The Labute approximate surface area is 115 Å². The van der Waals surface area contributed by atoms with E-state index in [1.807, 2.05) is 0 Å². The summed E-state index contributed by atoms with van der Waals surface area (Å²) in [7, 11) is 0. The zero-order valence-electron chi connectivity index (χ0n) is 10.5. The summed E-state index contributed by atoms with van der Waals surface area (Å²) >= 11 is 5.99. The van der Waals surface area contributed by atoms with Gasteiger partial charge in [-0.1, -0.05) is 37.6 Å². The molecule has 6 heteroatoms. The van der Waals surface area contributed by atoms with Gasteiger partial charge >= 0.3 is 6.03 Å². The molecular formula is C13H13ClN2O3. The van der Waals surface area contributed by atoms with E-state index in [9.17, 15) is 14.4 Å². The first-order valence-electron chi connectivity index (χ1n) is 5.86. The predicted octanol–water partition coefficient (Wildman–Crippen LogP) is 2.20. The molecule has 1 atom stereocenters. The molecular weight excluding hydrogens is 268 g/mol. The van der Waals surface area contributed by atoms with Gasteiger partial charge in [-0.2, -0.15) is 0 Å². The maximum atomic E-state index is 12.3. The van der Waals surface area contributed by atoms with Crippen molar-refractivity contribution in [3.05, 3.63) is 29.3 Å². The van der Waals surface area contributed by atoms with Crippen LogP contribution < -0.4 is 10.2 Å². The van der Waals surface area contributed by atoms with Crippen LogP contribution in [0.15, 0.2) is 24.3 Å². The highest BCUT2D eigenvalue weighted by atomic mass is 35.5. The van der Waals surface area contributed by atoms with E-state index < -0.39 is 23.8 Å². The molecule has 1 aromatic rings. The number of amides is 4. The molecule has 2 rings (SSSR count). The molecule has 1 aromatic carbocycles. The van der Waals surface area contributed by atoms with Gasteiger partial charge < -0.3 is 0 Å². The van der Waals surface area contributed by atoms with Gasteiger partial charge in [0.05, 0.1) is 10.7 Å². The highest BCUT2D eigenvalue weighted by molar-refractivity contribution is 6.36. The van der Waals surface area contributed by atoms with Crippen LogP contribution >= 0.6 is 11.6 Å². The molecule has 0 bridgehead atoms. The summed E-state index contributed by atoms with van der Waals surface area (Å²) in [6.07, 6.45) is 0. The number of imide groups is 2. The van der Waals surface area contributed by atoms with Crippen LogP contribution in [0.3, 0.4) is 0 Å². The van der Waals surface area contributed by atoms with Crippen molar-refractivity contribution in [1.82, 2.24) is 5.32 Å². The molecule has 4 amide bonds. The molecule has 0 aliphatic carbocycles. The van der Waals surface area contributed by atoms with E-state index in [0.717, 1.165) is 4.90 Å². The number of hydrogen-bond acceptors (Lipinski definition) is 3. The first-order chi connectivity index (χ1) is 8.93. The lowest BCUT2D eigenvalue weighted by Gasteiger charge is -2.32. The fraction of sp³-hybridized carbons (Fsp3) is 0.308. The molecule has 1 aliphatic heterocycles. The van der Waals surface area contributed by atoms with Crippen molar-refractivity contribution in [2.75, 3.05) is 4.90 Å². The number of nitrogens with zero attached hydrogens (tertiary/aromatic N) is 1. The summed E-state index contributed by atoms with van der Waals surface area (Å²) in [6.45, 7) is 3.51. The fourth-order valence-corrected chi connectivity index (χ4v) is 2.26. The average Bonchev–Trinajstić information content (AvgIpc) is 2.30. The van der Waals surface area contributed by atoms with E-state index in [2.05, 4.69) is 5.32 Å². The molecule has 1 saturated heterocycles. The summed E-state index contributed by atoms with van der Waals surface area (Å²) in [5.41, 5.74) is 0.282. The van der Waals surface area contributed by atoms with E-state index in [0.29, 0.717) is 0 Å². The minimum absolute atomic E-state index is 0.203. The highest BCUT2D eigenvalue weighted by Gasteiger charge is 2.43. The Kier molecular flexibility index (Phi) is 3.57. The van der Waals surface area contributed by atoms with Crippen molar-refractivity contribution in [2.45, 2.75) is 13.8 Å². The second-order valence-electron chi connectivity index (χ2n) is 4.64. The van der Waals surface area contributed by atoms with Crippen molar-refractivity contribution in [1.29, 1.82) is 0 Å². The van der Waals surface area contributed by atoms with E-state index in [1.54, 1.807) is 38.1 Å². The number of carbonyl (C=O) groups is 3. The zero-order chi connectivity index (χ0) is 14.2. The molecule has 1 aliphatic rings. The van der Waals surface area contributed by atoms with Gasteiger partial charge in [0.2, 0.25) is 11.8 Å². The minimum atomic E-state index is -0.881. The average molecular weight is 281 g/mol. The number of nitrogens with one attached hydrogen (secondary N) is 1.